The van der Waals surface area contributed by atoms with E-state index in [9.17, 15) is 4.79 Å². The number of benzene rings is 1. The van der Waals surface area contributed by atoms with Crippen LogP contribution in [0.2, 0.25) is 10.0 Å². The number of hydrogen-bond acceptors (Lipinski definition) is 4. The Morgan fingerprint density at radius 3 is 2.65 bits per heavy atom. The van der Waals surface area contributed by atoms with Gasteiger partial charge >= 0.3 is 5.97 Å². The largest absolute Gasteiger partial charge is 0.493 e. The first-order valence-electron chi connectivity index (χ1n) is 6.00. The molecule has 20 heavy (non-hydrogen) atoms. The van der Waals surface area contributed by atoms with Gasteiger partial charge in [0.05, 0.1) is 34.7 Å². The van der Waals surface area contributed by atoms with Crippen LogP contribution < -0.4 is 4.74 Å². The fourth-order valence-electron chi connectivity index (χ4n) is 1.90. The van der Waals surface area contributed by atoms with Crippen molar-refractivity contribution in [3.8, 4) is 5.75 Å². The van der Waals surface area contributed by atoms with E-state index in [1.54, 1.807) is 6.07 Å². The van der Waals surface area contributed by atoms with Gasteiger partial charge in [-0.05, 0) is 25.5 Å². The fourth-order valence-corrected chi connectivity index (χ4v) is 2.44. The summed E-state index contributed by atoms with van der Waals surface area (Å²) >= 11 is 12.5. The van der Waals surface area contributed by atoms with Crippen LogP contribution in [-0.4, -0.2) is 24.7 Å². The van der Waals surface area contributed by atoms with Gasteiger partial charge in [0.1, 0.15) is 5.75 Å². The van der Waals surface area contributed by atoms with Crippen LogP contribution in [0.25, 0.3) is 10.9 Å². The number of carbonyl (C=O) groups is 1. The number of methoxy groups -OCH3 is 1. The van der Waals surface area contributed by atoms with E-state index in [1.807, 2.05) is 13.8 Å². The molecule has 6 heteroatoms. The van der Waals surface area contributed by atoms with E-state index in [0.717, 1.165) is 5.56 Å². The van der Waals surface area contributed by atoms with Crippen molar-refractivity contribution >= 4 is 40.1 Å². The van der Waals surface area contributed by atoms with Gasteiger partial charge in [-0.1, -0.05) is 23.2 Å². The van der Waals surface area contributed by atoms with Crippen LogP contribution in [0.15, 0.2) is 12.1 Å². The lowest BCUT2D eigenvalue weighted by Gasteiger charge is -2.13. The first-order valence-corrected chi connectivity index (χ1v) is 6.75. The van der Waals surface area contributed by atoms with E-state index < -0.39 is 5.97 Å². The lowest BCUT2D eigenvalue weighted by Crippen LogP contribution is -2.06. The number of esters is 1. The molecule has 0 atom stereocenters. The minimum absolute atomic E-state index is 0.130. The number of carbonyl (C=O) groups excluding carboxylic acids is 1. The number of aryl methyl sites for hydroxylation is 1. The third kappa shape index (κ3) is 2.53. The maximum Gasteiger partial charge on any atom is 0.356 e. The smallest absolute Gasteiger partial charge is 0.356 e. The van der Waals surface area contributed by atoms with Crippen LogP contribution in [0, 0.1) is 6.92 Å². The third-order valence-electron chi connectivity index (χ3n) is 2.81. The Bertz CT molecular complexity index is 686. The monoisotopic (exact) mass is 313 g/mol. The molecule has 0 N–H and O–H groups in total. The summed E-state index contributed by atoms with van der Waals surface area (Å²) in [4.78, 5) is 15.9. The molecule has 0 fully saturated rings. The highest BCUT2D eigenvalue weighted by atomic mass is 35.5. The average Bonchev–Trinajstić information content (AvgIpc) is 2.43. The Morgan fingerprint density at radius 1 is 1.35 bits per heavy atom. The van der Waals surface area contributed by atoms with Crippen molar-refractivity contribution in [2.45, 2.75) is 13.8 Å². The highest BCUT2D eigenvalue weighted by molar-refractivity contribution is 6.41. The SMILES string of the molecule is CCOc1cc(C(=O)OC)nc2c(Cl)cc(C)c(Cl)c12. The summed E-state index contributed by atoms with van der Waals surface area (Å²) in [6.07, 6.45) is 0. The van der Waals surface area contributed by atoms with Gasteiger partial charge in [-0.15, -0.1) is 0 Å². The minimum atomic E-state index is -0.555. The quantitative estimate of drug-likeness (QED) is 0.802. The zero-order chi connectivity index (χ0) is 14.9. The standard InChI is InChI=1S/C14H13Cl2NO3/c1-4-20-10-6-9(14(18)19-3)17-13-8(15)5-7(2)12(16)11(10)13/h5-6H,4H2,1-3H3. The maximum atomic E-state index is 11.7. The van der Waals surface area contributed by atoms with Crippen molar-refractivity contribution in [3.05, 3.63) is 33.4 Å². The Morgan fingerprint density at radius 2 is 2.05 bits per heavy atom. The second-order valence-corrected chi connectivity index (χ2v) is 4.93. The van der Waals surface area contributed by atoms with Gasteiger partial charge in [0, 0.05) is 6.07 Å². The molecule has 0 aliphatic carbocycles. The number of fused-ring (bicyclic) bond motifs is 1. The number of nitrogens with zero attached hydrogens (tertiary/aromatic N) is 1. The summed E-state index contributed by atoms with van der Waals surface area (Å²) in [5.41, 5.74) is 1.37. The number of pyridine rings is 1. The van der Waals surface area contributed by atoms with E-state index in [4.69, 9.17) is 27.9 Å². The van der Waals surface area contributed by atoms with Crippen molar-refractivity contribution in [1.82, 2.24) is 4.98 Å². The molecule has 0 saturated heterocycles. The molecule has 0 bridgehead atoms. The van der Waals surface area contributed by atoms with Crippen molar-refractivity contribution in [2.24, 2.45) is 0 Å². The summed E-state index contributed by atoms with van der Waals surface area (Å²) in [6.45, 7) is 4.12. The van der Waals surface area contributed by atoms with Gasteiger partial charge < -0.3 is 9.47 Å². The zero-order valence-electron chi connectivity index (χ0n) is 11.3. The molecule has 0 saturated carbocycles. The summed E-state index contributed by atoms with van der Waals surface area (Å²) in [7, 11) is 1.29. The van der Waals surface area contributed by atoms with Gasteiger partial charge in [-0.2, -0.15) is 0 Å². The summed E-state index contributed by atoms with van der Waals surface area (Å²) in [6, 6.07) is 3.22. The molecule has 1 aromatic heterocycles. The van der Waals surface area contributed by atoms with E-state index in [2.05, 4.69) is 9.72 Å². The van der Waals surface area contributed by atoms with Crippen LogP contribution in [-0.2, 0) is 4.74 Å². The highest BCUT2D eigenvalue weighted by Gasteiger charge is 2.18. The van der Waals surface area contributed by atoms with Crippen molar-refractivity contribution in [1.29, 1.82) is 0 Å². The van der Waals surface area contributed by atoms with Crippen LogP contribution in [0.5, 0.6) is 5.75 Å². The highest BCUT2D eigenvalue weighted by Crippen LogP contribution is 2.38. The number of ether oxygens (including phenoxy) is 2. The van der Waals surface area contributed by atoms with E-state index in [0.29, 0.717) is 33.3 Å². The number of aromatic nitrogens is 1. The first-order chi connectivity index (χ1) is 9.49. The van der Waals surface area contributed by atoms with Crippen molar-refractivity contribution in [3.63, 3.8) is 0 Å². The number of hydrogen-bond donors (Lipinski definition) is 0. The Labute approximate surface area is 126 Å². The Kier molecular flexibility index (Phi) is 4.35. The van der Waals surface area contributed by atoms with Crippen LogP contribution >= 0.6 is 23.2 Å². The molecule has 2 rings (SSSR count). The molecule has 0 unspecified atom stereocenters. The molecular weight excluding hydrogens is 301 g/mol. The first kappa shape index (κ1) is 14.9. The van der Waals surface area contributed by atoms with Crippen LogP contribution in [0.3, 0.4) is 0 Å². The predicted molar refractivity (Wildman–Crippen MR) is 79.0 cm³/mol. The molecule has 0 radical (unpaired) electrons. The van der Waals surface area contributed by atoms with Crippen LogP contribution in [0.4, 0.5) is 0 Å². The normalized spacial score (nSPS) is 10.7. The fraction of sp³-hybridized carbons (Fsp3) is 0.286. The van der Waals surface area contributed by atoms with E-state index in [-0.39, 0.29) is 5.69 Å². The second-order valence-electron chi connectivity index (χ2n) is 4.14. The van der Waals surface area contributed by atoms with Gasteiger partial charge in [0.25, 0.3) is 0 Å². The lowest BCUT2D eigenvalue weighted by molar-refractivity contribution is 0.0594. The molecule has 2 aromatic rings. The van der Waals surface area contributed by atoms with E-state index in [1.165, 1.54) is 13.2 Å². The Balaban J connectivity index is 2.85. The molecule has 1 heterocycles. The van der Waals surface area contributed by atoms with Gasteiger partial charge in [0.15, 0.2) is 5.69 Å². The average molecular weight is 314 g/mol. The Hall–Kier alpha value is -1.52. The van der Waals surface area contributed by atoms with Crippen LogP contribution in [0.1, 0.15) is 23.0 Å². The molecule has 106 valence electrons. The molecule has 0 aliphatic heterocycles. The maximum absolute atomic E-state index is 11.7. The van der Waals surface area contributed by atoms with Gasteiger partial charge in [-0.25, -0.2) is 9.78 Å². The van der Waals surface area contributed by atoms with Crippen molar-refractivity contribution < 1.29 is 14.3 Å². The summed E-state index contributed by atoms with van der Waals surface area (Å²) in [5.74, 6) is -0.0888. The zero-order valence-corrected chi connectivity index (χ0v) is 12.8. The van der Waals surface area contributed by atoms with E-state index >= 15 is 0 Å². The third-order valence-corrected chi connectivity index (χ3v) is 3.59. The predicted octanol–water partition coefficient (Wildman–Crippen LogP) is 4.04. The van der Waals surface area contributed by atoms with Gasteiger partial charge in [0.2, 0.25) is 0 Å². The lowest BCUT2D eigenvalue weighted by atomic mass is 10.1. The molecule has 0 amide bonds. The molecule has 0 aliphatic rings. The van der Waals surface area contributed by atoms with Crippen molar-refractivity contribution in [2.75, 3.05) is 13.7 Å². The molecule has 4 nitrogen and oxygen atoms in total. The molecular formula is C14H13Cl2NO3. The number of halogens is 2. The summed E-state index contributed by atoms with van der Waals surface area (Å²) < 4.78 is 10.2. The molecule has 0 spiro atoms. The second kappa shape index (κ2) is 5.85. The number of rotatable bonds is 3. The minimum Gasteiger partial charge on any atom is -0.493 e. The topological polar surface area (TPSA) is 48.4 Å². The summed E-state index contributed by atoms with van der Waals surface area (Å²) in [5, 5.41) is 1.52. The van der Waals surface area contributed by atoms with Gasteiger partial charge in [-0.3, -0.25) is 0 Å². The molecule has 1 aromatic carbocycles.